The number of aliphatic hydroxyl groups is 1. The fourth-order valence-electron chi connectivity index (χ4n) is 3.91. The molecule has 11 nitrogen and oxygen atoms in total. The van der Waals surface area contributed by atoms with Gasteiger partial charge in [-0.1, -0.05) is 11.8 Å². The van der Waals surface area contributed by atoms with Gasteiger partial charge in [0.15, 0.2) is 5.82 Å². The van der Waals surface area contributed by atoms with E-state index in [9.17, 15) is 19.8 Å². The molecule has 33 heavy (non-hydrogen) atoms. The fraction of sp³-hybridized carbons (Fsp3) is 0.429. The SMILES string of the molecule is CC(C)n1ncnc1C1SC2=C(c3ccc(C(=O)O)cc3OCC2)N1C(OCCO)C(N)=O. The number of aliphatic hydroxyl groups excluding tert-OH is 1. The second-order valence-corrected chi connectivity index (χ2v) is 8.94. The van der Waals surface area contributed by atoms with Crippen molar-refractivity contribution >= 4 is 29.3 Å². The van der Waals surface area contributed by atoms with Crippen molar-refractivity contribution < 1.29 is 29.3 Å². The van der Waals surface area contributed by atoms with Crippen molar-refractivity contribution in [1.82, 2.24) is 19.7 Å². The monoisotopic (exact) mass is 475 g/mol. The number of fused-ring (bicyclic) bond motifs is 2. The molecular formula is C21H25N5O6S. The third kappa shape index (κ3) is 4.28. The van der Waals surface area contributed by atoms with Crippen LogP contribution >= 0.6 is 11.8 Å². The van der Waals surface area contributed by atoms with Crippen LogP contribution in [-0.2, 0) is 9.53 Å². The number of rotatable bonds is 8. The molecule has 176 valence electrons. The molecule has 1 aromatic heterocycles. The van der Waals surface area contributed by atoms with E-state index in [0.717, 1.165) is 4.91 Å². The topological polar surface area (TPSA) is 153 Å². The summed E-state index contributed by atoms with van der Waals surface area (Å²) in [5.74, 6) is -0.789. The molecule has 2 aromatic rings. The largest absolute Gasteiger partial charge is 0.492 e. The molecule has 0 aliphatic carbocycles. The number of nitrogens with two attached hydrogens (primary N) is 1. The van der Waals surface area contributed by atoms with Crippen LogP contribution in [0.2, 0.25) is 0 Å². The molecule has 4 rings (SSSR count). The Hall–Kier alpha value is -3.09. The van der Waals surface area contributed by atoms with Crippen LogP contribution < -0.4 is 10.5 Å². The molecule has 0 saturated carbocycles. The van der Waals surface area contributed by atoms with Crippen molar-refractivity contribution in [1.29, 1.82) is 0 Å². The van der Waals surface area contributed by atoms with E-state index in [4.69, 9.17) is 15.2 Å². The summed E-state index contributed by atoms with van der Waals surface area (Å²) < 4.78 is 13.3. The van der Waals surface area contributed by atoms with E-state index in [0.29, 0.717) is 35.9 Å². The highest BCUT2D eigenvalue weighted by Crippen LogP contribution is 2.55. The molecule has 2 aliphatic heterocycles. The van der Waals surface area contributed by atoms with Crippen LogP contribution in [0, 0.1) is 0 Å². The van der Waals surface area contributed by atoms with Gasteiger partial charge in [0.25, 0.3) is 5.91 Å². The molecule has 2 atom stereocenters. The number of thioether (sulfide) groups is 1. The summed E-state index contributed by atoms with van der Waals surface area (Å²) in [6, 6.07) is 4.63. The normalized spacial score (nSPS) is 18.5. The Morgan fingerprint density at radius 3 is 2.85 bits per heavy atom. The van der Waals surface area contributed by atoms with Crippen LogP contribution in [0.5, 0.6) is 5.75 Å². The summed E-state index contributed by atoms with van der Waals surface area (Å²) >= 11 is 1.49. The number of carbonyl (C=O) groups is 2. The summed E-state index contributed by atoms with van der Waals surface area (Å²) in [6.07, 6.45) is 0.789. The predicted molar refractivity (Wildman–Crippen MR) is 119 cm³/mol. The highest BCUT2D eigenvalue weighted by atomic mass is 32.2. The molecule has 2 unspecified atom stereocenters. The molecule has 0 radical (unpaired) electrons. The Labute approximate surface area is 194 Å². The number of hydrogen-bond donors (Lipinski definition) is 3. The quantitative estimate of drug-likeness (QED) is 0.513. The highest BCUT2D eigenvalue weighted by molar-refractivity contribution is 8.03. The zero-order valence-electron chi connectivity index (χ0n) is 18.2. The molecule has 1 aromatic carbocycles. The van der Waals surface area contributed by atoms with E-state index in [1.807, 2.05) is 13.8 Å². The summed E-state index contributed by atoms with van der Waals surface area (Å²) in [6.45, 7) is 3.90. The van der Waals surface area contributed by atoms with E-state index in [1.54, 1.807) is 15.6 Å². The number of carbonyl (C=O) groups excluding carboxylic acids is 1. The van der Waals surface area contributed by atoms with Gasteiger partial charge in [-0.25, -0.2) is 14.5 Å². The highest BCUT2D eigenvalue weighted by Gasteiger charge is 2.45. The molecule has 4 N–H and O–H groups in total. The fourth-order valence-corrected chi connectivity index (χ4v) is 5.32. The number of ether oxygens (including phenoxy) is 2. The lowest BCUT2D eigenvalue weighted by Gasteiger charge is -2.34. The molecule has 0 bridgehead atoms. The average Bonchev–Trinajstić information content (AvgIpc) is 3.35. The maximum Gasteiger partial charge on any atom is 0.335 e. The molecule has 2 aliphatic rings. The van der Waals surface area contributed by atoms with Crippen LogP contribution in [0.3, 0.4) is 0 Å². The Morgan fingerprint density at radius 2 is 2.18 bits per heavy atom. The van der Waals surface area contributed by atoms with Crippen molar-refractivity contribution in [2.24, 2.45) is 5.73 Å². The number of amides is 1. The van der Waals surface area contributed by atoms with Gasteiger partial charge in [-0.15, -0.1) is 0 Å². The lowest BCUT2D eigenvalue weighted by Crippen LogP contribution is -2.46. The van der Waals surface area contributed by atoms with Gasteiger partial charge >= 0.3 is 5.97 Å². The van der Waals surface area contributed by atoms with Gasteiger partial charge in [0, 0.05) is 22.9 Å². The minimum absolute atomic E-state index is 0.0180. The Bertz CT molecular complexity index is 1100. The Morgan fingerprint density at radius 1 is 1.39 bits per heavy atom. The maximum atomic E-state index is 12.5. The molecule has 12 heteroatoms. The zero-order valence-corrected chi connectivity index (χ0v) is 19.0. The van der Waals surface area contributed by atoms with Crippen molar-refractivity contribution in [3.63, 3.8) is 0 Å². The van der Waals surface area contributed by atoms with E-state index in [-0.39, 0.29) is 24.8 Å². The molecule has 0 fully saturated rings. The van der Waals surface area contributed by atoms with Crippen molar-refractivity contribution in [2.45, 2.75) is 37.9 Å². The van der Waals surface area contributed by atoms with Crippen molar-refractivity contribution in [2.75, 3.05) is 19.8 Å². The third-order valence-corrected chi connectivity index (χ3v) is 6.62. The third-order valence-electron chi connectivity index (χ3n) is 5.27. The first-order valence-corrected chi connectivity index (χ1v) is 11.3. The number of carboxylic acids is 1. The first-order chi connectivity index (χ1) is 15.8. The van der Waals surface area contributed by atoms with Crippen LogP contribution in [0.4, 0.5) is 0 Å². The minimum atomic E-state index is -1.20. The maximum absolute atomic E-state index is 12.5. The second-order valence-electron chi connectivity index (χ2n) is 7.77. The van der Waals surface area contributed by atoms with Crippen LogP contribution in [0.25, 0.3) is 5.70 Å². The number of benzene rings is 1. The van der Waals surface area contributed by atoms with Crippen LogP contribution in [-0.4, -0.2) is 67.8 Å². The minimum Gasteiger partial charge on any atom is -0.492 e. The number of aromatic carboxylic acids is 1. The summed E-state index contributed by atoms with van der Waals surface area (Å²) in [4.78, 5) is 31.1. The van der Waals surface area contributed by atoms with Crippen LogP contribution in [0.1, 0.15) is 53.4 Å². The zero-order chi connectivity index (χ0) is 23.7. The standard InChI is InChI=1S/C21H25N5O6S/c1-11(2)26-18(23-10-24-26)20-25(19(17(22)28)32-8-6-27)16-13-4-3-12(21(29)30)9-14(13)31-7-5-15(16)33-20/h3-4,9-11,19-20,27H,5-8H2,1-2H3,(H2,22,28)(H,29,30). The number of aromatic nitrogens is 3. The number of nitrogens with zero attached hydrogens (tertiary/aromatic N) is 4. The summed E-state index contributed by atoms with van der Waals surface area (Å²) in [5, 5.41) is 22.6. The van der Waals surface area contributed by atoms with Crippen LogP contribution in [0.15, 0.2) is 29.4 Å². The van der Waals surface area contributed by atoms with Gasteiger partial charge in [0.2, 0.25) is 6.23 Å². The van der Waals surface area contributed by atoms with E-state index < -0.39 is 23.5 Å². The first-order valence-electron chi connectivity index (χ1n) is 10.4. The van der Waals surface area contributed by atoms with E-state index in [1.165, 1.54) is 30.2 Å². The lowest BCUT2D eigenvalue weighted by molar-refractivity contribution is -0.140. The predicted octanol–water partition coefficient (Wildman–Crippen LogP) is 1.58. The van der Waals surface area contributed by atoms with E-state index >= 15 is 0 Å². The molecule has 1 amide bonds. The van der Waals surface area contributed by atoms with Crippen molar-refractivity contribution in [3.8, 4) is 5.75 Å². The lowest BCUT2D eigenvalue weighted by atomic mass is 10.1. The van der Waals surface area contributed by atoms with Gasteiger partial charge in [0.1, 0.15) is 17.5 Å². The Balaban J connectivity index is 1.87. The number of carboxylic acid groups (broad SMARTS) is 1. The molecule has 0 spiro atoms. The number of primary amides is 1. The van der Waals surface area contributed by atoms with Gasteiger partial charge in [-0.05, 0) is 32.0 Å². The van der Waals surface area contributed by atoms with Gasteiger partial charge in [-0.2, -0.15) is 5.10 Å². The summed E-state index contributed by atoms with van der Waals surface area (Å²) in [7, 11) is 0. The average molecular weight is 476 g/mol. The van der Waals surface area contributed by atoms with Gasteiger partial charge in [0.05, 0.1) is 31.1 Å². The van der Waals surface area contributed by atoms with Gasteiger partial charge in [-0.3, -0.25) is 4.79 Å². The summed E-state index contributed by atoms with van der Waals surface area (Å²) in [5.41, 5.74) is 7.12. The van der Waals surface area contributed by atoms with Crippen molar-refractivity contribution in [3.05, 3.63) is 46.4 Å². The molecule has 0 saturated heterocycles. The van der Waals surface area contributed by atoms with E-state index in [2.05, 4.69) is 10.1 Å². The molecular weight excluding hydrogens is 450 g/mol. The smallest absolute Gasteiger partial charge is 0.335 e. The number of hydrogen-bond acceptors (Lipinski definition) is 9. The Kier molecular flexibility index (Phi) is 6.58. The first kappa shape index (κ1) is 23.1. The molecule has 3 heterocycles. The second kappa shape index (κ2) is 9.41. The van der Waals surface area contributed by atoms with Gasteiger partial charge < -0.3 is 30.3 Å².